The highest BCUT2D eigenvalue weighted by Gasteiger charge is 2.26. The number of carbonyl (C=O) groups is 1. The summed E-state index contributed by atoms with van der Waals surface area (Å²) in [6, 6.07) is 28.1. The zero-order valence-corrected chi connectivity index (χ0v) is 23.5. The molecule has 7 nitrogen and oxygen atoms in total. The molecule has 0 spiro atoms. The predicted octanol–water partition coefficient (Wildman–Crippen LogP) is 5.77. The molecule has 2 atom stereocenters. The molecule has 0 radical (unpaired) electrons. The highest BCUT2D eigenvalue weighted by atomic mass is 16.5. The van der Waals surface area contributed by atoms with Crippen LogP contribution in [0.3, 0.4) is 0 Å². The van der Waals surface area contributed by atoms with Gasteiger partial charge in [-0.15, -0.1) is 0 Å². The van der Waals surface area contributed by atoms with Gasteiger partial charge in [-0.2, -0.15) is 0 Å². The first-order valence-corrected chi connectivity index (χ1v) is 14.2. The van der Waals surface area contributed by atoms with Crippen LogP contribution in [0.2, 0.25) is 0 Å². The molecule has 0 saturated carbocycles. The summed E-state index contributed by atoms with van der Waals surface area (Å²) < 4.78 is 17.1. The van der Waals surface area contributed by atoms with E-state index in [4.69, 9.17) is 14.2 Å². The van der Waals surface area contributed by atoms with Crippen molar-refractivity contribution in [2.45, 2.75) is 38.0 Å². The summed E-state index contributed by atoms with van der Waals surface area (Å²) in [6.07, 6.45) is 1.87. The van der Waals surface area contributed by atoms with Crippen molar-refractivity contribution in [3.63, 3.8) is 0 Å². The summed E-state index contributed by atoms with van der Waals surface area (Å²) in [6.45, 7) is 4.35. The van der Waals surface area contributed by atoms with E-state index in [9.17, 15) is 9.90 Å². The van der Waals surface area contributed by atoms with E-state index in [0.29, 0.717) is 31.3 Å². The molecule has 0 aliphatic carbocycles. The van der Waals surface area contributed by atoms with E-state index in [0.717, 1.165) is 65.9 Å². The maximum absolute atomic E-state index is 11.5. The second kappa shape index (κ2) is 14.1. The van der Waals surface area contributed by atoms with Crippen molar-refractivity contribution in [2.75, 3.05) is 33.4 Å². The molecule has 1 aliphatic rings. The van der Waals surface area contributed by atoms with Crippen molar-refractivity contribution in [1.29, 1.82) is 0 Å². The number of carboxylic acids is 1. The number of aromatic carboxylic acids is 1. The number of benzene rings is 4. The number of hydrogen-bond acceptors (Lipinski definition) is 6. The fraction of sp³-hybridized carbons (Fsp3) is 0.324. The van der Waals surface area contributed by atoms with Crippen LogP contribution in [0.1, 0.15) is 45.8 Å². The van der Waals surface area contributed by atoms with Gasteiger partial charge in [0, 0.05) is 37.0 Å². The lowest BCUT2D eigenvalue weighted by Crippen LogP contribution is -2.47. The first-order chi connectivity index (χ1) is 20.1. The first kappa shape index (κ1) is 28.6. The Morgan fingerprint density at radius 3 is 2.68 bits per heavy atom. The summed E-state index contributed by atoms with van der Waals surface area (Å²) in [5.41, 5.74) is 3.83. The second-order valence-electron chi connectivity index (χ2n) is 10.4. The molecular weight excluding hydrogens is 516 g/mol. The number of rotatable bonds is 13. The number of piperidine rings is 1. The number of para-hydroxylation sites is 1. The molecule has 3 N–H and O–H groups in total. The highest BCUT2D eigenvalue weighted by molar-refractivity contribution is 6.03. The van der Waals surface area contributed by atoms with Crippen molar-refractivity contribution in [1.82, 2.24) is 10.6 Å². The number of nitrogens with one attached hydrogen (secondary N) is 2. The van der Waals surface area contributed by atoms with Gasteiger partial charge in [-0.25, -0.2) is 4.79 Å². The standard InChI is InChI=1S/C34H38N2O5/c1-39-33-9-3-2-6-27(33)23-40-18-5-19-41-28-13-11-25(12-14-28)30-16-17-35-22-32(30)36-21-24-10-15-29-26(20-24)7-4-8-31(29)34(37)38/h2-4,6-15,20,30,32,35-36H,5,16-19,21-23H2,1H3,(H,37,38). The minimum absolute atomic E-state index is 0.289. The lowest BCUT2D eigenvalue weighted by atomic mass is 9.86. The topological polar surface area (TPSA) is 89.0 Å². The first-order valence-electron chi connectivity index (χ1n) is 14.2. The molecule has 4 aromatic carbocycles. The van der Waals surface area contributed by atoms with Crippen LogP contribution in [0, 0.1) is 0 Å². The Balaban J connectivity index is 1.10. The van der Waals surface area contributed by atoms with E-state index in [2.05, 4.69) is 41.0 Å². The van der Waals surface area contributed by atoms with Gasteiger partial charge in [0.15, 0.2) is 0 Å². The smallest absolute Gasteiger partial charge is 0.336 e. The third kappa shape index (κ3) is 7.44. The van der Waals surface area contributed by atoms with E-state index >= 15 is 0 Å². The summed E-state index contributed by atoms with van der Waals surface area (Å²) in [7, 11) is 1.67. The molecule has 41 heavy (non-hydrogen) atoms. The second-order valence-corrected chi connectivity index (χ2v) is 10.4. The molecule has 4 aromatic rings. The Morgan fingerprint density at radius 2 is 1.85 bits per heavy atom. The minimum atomic E-state index is -0.900. The van der Waals surface area contributed by atoms with Crippen molar-refractivity contribution >= 4 is 16.7 Å². The average Bonchev–Trinajstić information content (AvgIpc) is 3.02. The zero-order chi connectivity index (χ0) is 28.4. The molecule has 1 saturated heterocycles. The average molecular weight is 555 g/mol. The van der Waals surface area contributed by atoms with E-state index in [1.807, 2.05) is 42.5 Å². The molecule has 1 fully saturated rings. The Bertz CT molecular complexity index is 1440. The number of methoxy groups -OCH3 is 1. The molecule has 0 aromatic heterocycles. The van der Waals surface area contributed by atoms with Gasteiger partial charge >= 0.3 is 5.97 Å². The predicted molar refractivity (Wildman–Crippen MR) is 161 cm³/mol. The van der Waals surface area contributed by atoms with Crippen molar-refractivity contribution in [3.05, 3.63) is 107 Å². The van der Waals surface area contributed by atoms with Crippen molar-refractivity contribution < 1.29 is 24.1 Å². The maximum atomic E-state index is 11.5. The quantitative estimate of drug-likeness (QED) is 0.181. The third-order valence-electron chi connectivity index (χ3n) is 7.69. The summed E-state index contributed by atoms with van der Waals surface area (Å²) in [4.78, 5) is 11.5. The number of carboxylic acid groups (broad SMARTS) is 1. The van der Waals surface area contributed by atoms with Crippen LogP contribution in [0.4, 0.5) is 0 Å². The molecule has 7 heteroatoms. The van der Waals surface area contributed by atoms with E-state index in [1.54, 1.807) is 19.2 Å². The number of hydrogen-bond donors (Lipinski definition) is 3. The van der Waals surface area contributed by atoms with Gasteiger partial charge < -0.3 is 30.0 Å². The lowest BCUT2D eigenvalue weighted by molar-refractivity contribution is 0.0699. The number of ether oxygens (including phenoxy) is 3. The van der Waals surface area contributed by atoms with Crippen LogP contribution in [0.25, 0.3) is 10.8 Å². The largest absolute Gasteiger partial charge is 0.496 e. The van der Waals surface area contributed by atoms with Crippen LogP contribution in [0.5, 0.6) is 11.5 Å². The van der Waals surface area contributed by atoms with Gasteiger partial charge in [-0.05, 0) is 65.2 Å². The van der Waals surface area contributed by atoms with E-state index in [-0.39, 0.29) is 6.04 Å². The van der Waals surface area contributed by atoms with Gasteiger partial charge in [0.2, 0.25) is 0 Å². The minimum Gasteiger partial charge on any atom is -0.496 e. The van der Waals surface area contributed by atoms with Crippen LogP contribution in [-0.4, -0.2) is 50.5 Å². The molecule has 0 amide bonds. The van der Waals surface area contributed by atoms with Gasteiger partial charge in [0.25, 0.3) is 0 Å². The molecule has 0 bridgehead atoms. The molecule has 214 valence electrons. The normalized spacial score (nSPS) is 16.9. The van der Waals surface area contributed by atoms with Crippen molar-refractivity contribution in [2.24, 2.45) is 0 Å². The Kier molecular flexibility index (Phi) is 9.86. The van der Waals surface area contributed by atoms with Crippen LogP contribution in [0.15, 0.2) is 84.9 Å². The summed E-state index contributed by atoms with van der Waals surface area (Å²) >= 11 is 0. The summed E-state index contributed by atoms with van der Waals surface area (Å²) in [5.74, 6) is 1.21. The van der Waals surface area contributed by atoms with Crippen LogP contribution < -0.4 is 20.1 Å². The zero-order valence-electron chi connectivity index (χ0n) is 23.5. The van der Waals surface area contributed by atoms with E-state index < -0.39 is 5.97 Å². The van der Waals surface area contributed by atoms with Gasteiger partial charge in [-0.3, -0.25) is 0 Å². The Labute approximate surface area is 241 Å². The van der Waals surface area contributed by atoms with Gasteiger partial charge in [-0.1, -0.05) is 54.6 Å². The SMILES string of the molecule is COc1ccccc1COCCCOc1ccc(C2CCNCC2NCc2ccc3c(C(=O)O)cccc3c2)cc1. The molecule has 1 heterocycles. The molecular formula is C34H38N2O5. The fourth-order valence-electron chi connectivity index (χ4n) is 5.52. The highest BCUT2D eigenvalue weighted by Crippen LogP contribution is 2.28. The van der Waals surface area contributed by atoms with Crippen molar-refractivity contribution in [3.8, 4) is 11.5 Å². The van der Waals surface area contributed by atoms with Gasteiger partial charge in [0.05, 0.1) is 32.5 Å². The lowest BCUT2D eigenvalue weighted by Gasteiger charge is -2.33. The fourth-order valence-corrected chi connectivity index (χ4v) is 5.52. The molecule has 2 unspecified atom stereocenters. The summed E-state index contributed by atoms with van der Waals surface area (Å²) in [5, 5.41) is 18.4. The Hall–Kier alpha value is -3.91. The number of fused-ring (bicyclic) bond motifs is 1. The monoisotopic (exact) mass is 554 g/mol. The van der Waals surface area contributed by atoms with Crippen LogP contribution in [-0.2, 0) is 17.9 Å². The van der Waals surface area contributed by atoms with Crippen LogP contribution >= 0.6 is 0 Å². The molecule has 5 rings (SSSR count). The van der Waals surface area contributed by atoms with E-state index in [1.165, 1.54) is 5.56 Å². The molecule has 1 aliphatic heterocycles. The third-order valence-corrected chi connectivity index (χ3v) is 7.69. The maximum Gasteiger partial charge on any atom is 0.336 e. The Morgan fingerprint density at radius 1 is 1.00 bits per heavy atom. The van der Waals surface area contributed by atoms with Gasteiger partial charge in [0.1, 0.15) is 11.5 Å².